The van der Waals surface area contributed by atoms with Crippen LogP contribution in [0.3, 0.4) is 0 Å². The molecular weight excluding hydrogens is 172 g/mol. The lowest BCUT2D eigenvalue weighted by Gasteiger charge is -2.55. The van der Waals surface area contributed by atoms with Crippen molar-refractivity contribution in [1.82, 2.24) is 0 Å². The van der Waals surface area contributed by atoms with Gasteiger partial charge in [-0.3, -0.25) is 4.79 Å². The summed E-state index contributed by atoms with van der Waals surface area (Å²) in [6.45, 7) is 2.25. The van der Waals surface area contributed by atoms with Crippen LogP contribution in [0.4, 0.5) is 0 Å². The molecule has 0 aromatic rings. The highest BCUT2D eigenvalue weighted by atomic mass is 35.5. The van der Waals surface area contributed by atoms with E-state index in [1.165, 1.54) is 6.42 Å². The highest BCUT2D eigenvalue weighted by Crippen LogP contribution is 2.57. The molecule has 12 heavy (non-hydrogen) atoms. The zero-order valence-electron chi connectivity index (χ0n) is 7.48. The standard InChI is InChI=1S/C10H15ClO/c1-10-4-7(6-11)9(10)3-2-8(12)5-10/h7,9H,2-6H2,1H3. The summed E-state index contributed by atoms with van der Waals surface area (Å²) in [5.74, 6) is 2.69. The Morgan fingerprint density at radius 2 is 2.42 bits per heavy atom. The van der Waals surface area contributed by atoms with Crippen LogP contribution in [0, 0.1) is 17.3 Å². The molecule has 0 saturated heterocycles. The van der Waals surface area contributed by atoms with Gasteiger partial charge in [0.15, 0.2) is 0 Å². The van der Waals surface area contributed by atoms with E-state index in [0.29, 0.717) is 17.1 Å². The van der Waals surface area contributed by atoms with Crippen LogP contribution in [-0.4, -0.2) is 11.7 Å². The largest absolute Gasteiger partial charge is 0.300 e. The number of ketones is 1. The number of hydrogen-bond acceptors (Lipinski definition) is 1. The van der Waals surface area contributed by atoms with Crippen molar-refractivity contribution in [3.05, 3.63) is 0 Å². The molecular formula is C10H15ClO. The Hall–Kier alpha value is -0.0400. The van der Waals surface area contributed by atoms with E-state index in [4.69, 9.17) is 11.6 Å². The van der Waals surface area contributed by atoms with Gasteiger partial charge in [0, 0.05) is 18.7 Å². The Morgan fingerprint density at radius 3 is 3.00 bits per heavy atom. The van der Waals surface area contributed by atoms with Crippen molar-refractivity contribution in [2.45, 2.75) is 32.6 Å². The van der Waals surface area contributed by atoms with Gasteiger partial charge < -0.3 is 0 Å². The van der Waals surface area contributed by atoms with E-state index in [1.807, 2.05) is 0 Å². The molecule has 2 saturated carbocycles. The normalized spacial score (nSPS) is 46.7. The Morgan fingerprint density at radius 1 is 1.67 bits per heavy atom. The van der Waals surface area contributed by atoms with Crippen molar-refractivity contribution in [1.29, 1.82) is 0 Å². The van der Waals surface area contributed by atoms with E-state index >= 15 is 0 Å². The minimum atomic E-state index is 0.328. The van der Waals surface area contributed by atoms with Gasteiger partial charge >= 0.3 is 0 Å². The summed E-state index contributed by atoms with van der Waals surface area (Å²) in [4.78, 5) is 11.2. The predicted octanol–water partition coefficient (Wildman–Crippen LogP) is 2.62. The van der Waals surface area contributed by atoms with Crippen molar-refractivity contribution in [2.24, 2.45) is 17.3 Å². The molecule has 0 heterocycles. The maximum absolute atomic E-state index is 11.2. The highest BCUT2D eigenvalue weighted by molar-refractivity contribution is 6.18. The summed E-state index contributed by atoms with van der Waals surface area (Å²) in [5, 5.41) is 0. The van der Waals surface area contributed by atoms with E-state index in [0.717, 1.165) is 31.1 Å². The lowest BCUT2D eigenvalue weighted by molar-refractivity contribution is -0.135. The first kappa shape index (κ1) is 8.55. The molecule has 0 amide bonds. The first-order chi connectivity index (χ1) is 5.65. The second-order valence-electron chi connectivity index (χ2n) is 4.63. The second-order valence-corrected chi connectivity index (χ2v) is 4.94. The molecule has 2 aliphatic rings. The minimum absolute atomic E-state index is 0.328. The molecule has 68 valence electrons. The summed E-state index contributed by atoms with van der Waals surface area (Å²) in [6, 6.07) is 0. The van der Waals surface area contributed by atoms with E-state index in [9.17, 15) is 4.79 Å². The fourth-order valence-electron chi connectivity index (χ4n) is 3.11. The van der Waals surface area contributed by atoms with Gasteiger partial charge in [-0.25, -0.2) is 0 Å². The molecule has 0 N–H and O–H groups in total. The molecule has 0 bridgehead atoms. The van der Waals surface area contributed by atoms with Gasteiger partial charge in [0.2, 0.25) is 0 Å². The van der Waals surface area contributed by atoms with E-state index in [1.54, 1.807) is 0 Å². The van der Waals surface area contributed by atoms with Crippen LogP contribution in [0.5, 0.6) is 0 Å². The van der Waals surface area contributed by atoms with Gasteiger partial charge in [-0.15, -0.1) is 11.6 Å². The lowest BCUT2D eigenvalue weighted by atomic mass is 9.49. The van der Waals surface area contributed by atoms with Gasteiger partial charge in [-0.05, 0) is 30.1 Å². The molecule has 0 aliphatic heterocycles. The van der Waals surface area contributed by atoms with Gasteiger partial charge in [0.1, 0.15) is 5.78 Å². The first-order valence-corrected chi connectivity index (χ1v) is 5.27. The molecule has 0 radical (unpaired) electrons. The zero-order chi connectivity index (χ0) is 8.77. The topological polar surface area (TPSA) is 17.1 Å². The van der Waals surface area contributed by atoms with Crippen molar-refractivity contribution < 1.29 is 4.79 Å². The SMILES string of the molecule is CC12CC(=O)CCC1C(CCl)C2. The van der Waals surface area contributed by atoms with E-state index < -0.39 is 0 Å². The summed E-state index contributed by atoms with van der Waals surface area (Å²) >= 11 is 5.84. The third-order valence-corrected chi connectivity index (χ3v) is 4.12. The van der Waals surface area contributed by atoms with Crippen LogP contribution in [0.1, 0.15) is 32.6 Å². The molecule has 2 heteroatoms. The molecule has 3 unspecified atom stereocenters. The molecule has 2 rings (SSSR count). The fourth-order valence-corrected chi connectivity index (χ4v) is 3.43. The lowest BCUT2D eigenvalue weighted by Crippen LogP contribution is -2.50. The number of Topliss-reactive ketones (excluding diaryl/α,β-unsaturated/α-hetero) is 1. The van der Waals surface area contributed by atoms with E-state index in [-0.39, 0.29) is 0 Å². The molecule has 0 aromatic carbocycles. The molecule has 1 nitrogen and oxygen atoms in total. The molecule has 0 spiro atoms. The van der Waals surface area contributed by atoms with Crippen LogP contribution in [0.15, 0.2) is 0 Å². The zero-order valence-corrected chi connectivity index (χ0v) is 8.23. The number of carbonyl (C=O) groups is 1. The molecule has 2 fully saturated rings. The van der Waals surface area contributed by atoms with Crippen molar-refractivity contribution in [2.75, 3.05) is 5.88 Å². The van der Waals surface area contributed by atoms with Crippen molar-refractivity contribution in [3.63, 3.8) is 0 Å². The van der Waals surface area contributed by atoms with E-state index in [2.05, 4.69) is 6.92 Å². The third-order valence-electron chi connectivity index (χ3n) is 3.73. The minimum Gasteiger partial charge on any atom is -0.300 e. The van der Waals surface area contributed by atoms with Crippen LogP contribution in [0.2, 0.25) is 0 Å². The summed E-state index contributed by atoms with van der Waals surface area (Å²) in [6.07, 6.45) is 3.87. The summed E-state index contributed by atoms with van der Waals surface area (Å²) in [5.41, 5.74) is 0.328. The molecule has 3 atom stereocenters. The summed E-state index contributed by atoms with van der Waals surface area (Å²) < 4.78 is 0. The van der Waals surface area contributed by atoms with Crippen LogP contribution < -0.4 is 0 Å². The number of halogens is 1. The first-order valence-electron chi connectivity index (χ1n) is 4.73. The number of alkyl halides is 1. The Labute approximate surface area is 78.5 Å². The average molecular weight is 187 g/mol. The smallest absolute Gasteiger partial charge is 0.133 e. The number of fused-ring (bicyclic) bond motifs is 1. The Kier molecular flexibility index (Phi) is 1.95. The fraction of sp³-hybridized carbons (Fsp3) is 0.900. The quantitative estimate of drug-likeness (QED) is 0.576. The molecule has 0 aromatic heterocycles. The Balaban J connectivity index is 2.06. The number of rotatable bonds is 1. The third kappa shape index (κ3) is 1.10. The van der Waals surface area contributed by atoms with Crippen LogP contribution >= 0.6 is 11.6 Å². The predicted molar refractivity (Wildman–Crippen MR) is 49.3 cm³/mol. The highest BCUT2D eigenvalue weighted by Gasteiger charge is 2.52. The summed E-state index contributed by atoms with van der Waals surface area (Å²) in [7, 11) is 0. The monoisotopic (exact) mass is 186 g/mol. The molecule has 2 aliphatic carbocycles. The van der Waals surface area contributed by atoms with Crippen LogP contribution in [-0.2, 0) is 4.79 Å². The van der Waals surface area contributed by atoms with Crippen LogP contribution in [0.25, 0.3) is 0 Å². The average Bonchev–Trinajstić information content (AvgIpc) is 1.98. The number of carbonyl (C=O) groups excluding carboxylic acids is 1. The van der Waals surface area contributed by atoms with Crippen molar-refractivity contribution in [3.8, 4) is 0 Å². The Bertz CT molecular complexity index is 214. The second kappa shape index (κ2) is 2.73. The maximum Gasteiger partial charge on any atom is 0.133 e. The van der Waals surface area contributed by atoms with Gasteiger partial charge in [0.25, 0.3) is 0 Å². The van der Waals surface area contributed by atoms with Gasteiger partial charge in [0.05, 0.1) is 0 Å². The van der Waals surface area contributed by atoms with Gasteiger partial charge in [-0.2, -0.15) is 0 Å². The maximum atomic E-state index is 11.2. The van der Waals surface area contributed by atoms with Crippen molar-refractivity contribution >= 4 is 17.4 Å². The van der Waals surface area contributed by atoms with Gasteiger partial charge in [-0.1, -0.05) is 6.92 Å². The number of hydrogen-bond donors (Lipinski definition) is 0.